The molecule has 2 heteroatoms. The number of likely N-dealkylation sites (tertiary alicyclic amines) is 1. The van der Waals surface area contributed by atoms with Crippen LogP contribution in [0.5, 0.6) is 0 Å². The molecule has 0 aromatic heterocycles. The van der Waals surface area contributed by atoms with Gasteiger partial charge in [-0.2, -0.15) is 0 Å². The van der Waals surface area contributed by atoms with E-state index in [9.17, 15) is 0 Å². The van der Waals surface area contributed by atoms with Crippen LogP contribution in [-0.4, -0.2) is 30.1 Å². The summed E-state index contributed by atoms with van der Waals surface area (Å²) in [5, 5.41) is 0. The third-order valence-electron chi connectivity index (χ3n) is 6.39. The summed E-state index contributed by atoms with van der Waals surface area (Å²) in [7, 11) is 0. The lowest BCUT2D eigenvalue weighted by Gasteiger charge is -2.51. The van der Waals surface area contributed by atoms with Crippen LogP contribution in [0.15, 0.2) is 0 Å². The van der Waals surface area contributed by atoms with Crippen molar-refractivity contribution in [1.29, 1.82) is 0 Å². The lowest BCUT2D eigenvalue weighted by Crippen LogP contribution is -2.58. The Morgan fingerprint density at radius 1 is 1.05 bits per heavy atom. The fourth-order valence-electron chi connectivity index (χ4n) is 4.77. The van der Waals surface area contributed by atoms with Crippen LogP contribution < -0.4 is 5.73 Å². The van der Waals surface area contributed by atoms with Crippen LogP contribution in [0.2, 0.25) is 0 Å². The zero-order valence-corrected chi connectivity index (χ0v) is 12.7. The van der Waals surface area contributed by atoms with E-state index in [1.165, 1.54) is 70.9 Å². The fourth-order valence-corrected chi connectivity index (χ4v) is 4.77. The molecule has 110 valence electrons. The van der Waals surface area contributed by atoms with Crippen molar-refractivity contribution in [3.63, 3.8) is 0 Å². The summed E-state index contributed by atoms with van der Waals surface area (Å²) in [5.74, 6) is 3.05. The van der Waals surface area contributed by atoms with Gasteiger partial charge in [0.15, 0.2) is 0 Å². The highest BCUT2D eigenvalue weighted by atomic mass is 15.2. The molecule has 0 bridgehead atoms. The third-order valence-corrected chi connectivity index (χ3v) is 6.39. The minimum atomic E-state index is 0.379. The molecule has 0 aromatic carbocycles. The summed E-state index contributed by atoms with van der Waals surface area (Å²) in [6.07, 6.45) is 12.9. The number of nitrogens with two attached hydrogens (primary N) is 1. The number of hydrogen-bond acceptors (Lipinski definition) is 2. The molecule has 2 saturated carbocycles. The molecule has 2 atom stereocenters. The zero-order valence-electron chi connectivity index (χ0n) is 12.7. The van der Waals surface area contributed by atoms with E-state index in [0.717, 1.165) is 24.3 Å². The first kappa shape index (κ1) is 13.9. The van der Waals surface area contributed by atoms with Gasteiger partial charge in [0.05, 0.1) is 0 Å². The monoisotopic (exact) mass is 264 g/mol. The first-order valence-electron chi connectivity index (χ1n) is 8.72. The Labute approximate surface area is 119 Å². The van der Waals surface area contributed by atoms with Crippen molar-refractivity contribution in [3.8, 4) is 0 Å². The highest BCUT2D eigenvalue weighted by Gasteiger charge is 2.44. The molecule has 2 N–H and O–H groups in total. The SMILES string of the molecule is CCC1CCN(C2(CN)CCCC(C3CC3)C2)CC1. The van der Waals surface area contributed by atoms with E-state index in [1.807, 2.05) is 0 Å². The molecule has 2 unspecified atom stereocenters. The maximum Gasteiger partial charge on any atom is 0.0334 e. The lowest BCUT2D eigenvalue weighted by atomic mass is 9.72. The Hall–Kier alpha value is -0.0800. The van der Waals surface area contributed by atoms with Crippen molar-refractivity contribution in [2.24, 2.45) is 23.5 Å². The first-order chi connectivity index (χ1) is 9.27. The number of piperidine rings is 1. The van der Waals surface area contributed by atoms with E-state index in [1.54, 1.807) is 0 Å². The fraction of sp³-hybridized carbons (Fsp3) is 1.00. The summed E-state index contributed by atoms with van der Waals surface area (Å²) in [6.45, 7) is 5.87. The summed E-state index contributed by atoms with van der Waals surface area (Å²) < 4.78 is 0. The minimum absolute atomic E-state index is 0.379. The van der Waals surface area contributed by atoms with Gasteiger partial charge in [-0.15, -0.1) is 0 Å². The van der Waals surface area contributed by atoms with Gasteiger partial charge in [0.2, 0.25) is 0 Å². The highest BCUT2D eigenvalue weighted by molar-refractivity contribution is 5.00. The van der Waals surface area contributed by atoms with Crippen LogP contribution >= 0.6 is 0 Å². The molecule has 0 amide bonds. The van der Waals surface area contributed by atoms with Crippen LogP contribution in [0, 0.1) is 17.8 Å². The second-order valence-electron chi connectivity index (χ2n) is 7.46. The predicted octanol–water partition coefficient (Wildman–Crippen LogP) is 3.41. The average molecular weight is 264 g/mol. The number of nitrogens with zero attached hydrogens (tertiary/aromatic N) is 1. The Morgan fingerprint density at radius 2 is 1.79 bits per heavy atom. The molecule has 0 spiro atoms. The zero-order chi connectivity index (χ0) is 13.3. The van der Waals surface area contributed by atoms with Gasteiger partial charge in [-0.3, -0.25) is 4.90 Å². The van der Waals surface area contributed by atoms with E-state index in [2.05, 4.69) is 11.8 Å². The molecule has 1 saturated heterocycles. The van der Waals surface area contributed by atoms with Crippen molar-refractivity contribution in [3.05, 3.63) is 0 Å². The smallest absolute Gasteiger partial charge is 0.0334 e. The van der Waals surface area contributed by atoms with Crippen molar-refractivity contribution >= 4 is 0 Å². The third kappa shape index (κ3) is 2.85. The van der Waals surface area contributed by atoms with Crippen LogP contribution in [0.1, 0.15) is 64.7 Å². The van der Waals surface area contributed by atoms with Crippen molar-refractivity contribution in [1.82, 2.24) is 4.90 Å². The van der Waals surface area contributed by atoms with Crippen LogP contribution in [0.25, 0.3) is 0 Å². The summed E-state index contributed by atoms with van der Waals surface area (Å²) in [6, 6.07) is 0. The molecule has 1 aliphatic heterocycles. The highest BCUT2D eigenvalue weighted by Crippen LogP contribution is 2.48. The molecule has 1 heterocycles. The summed E-state index contributed by atoms with van der Waals surface area (Å²) >= 11 is 0. The Kier molecular flexibility index (Phi) is 4.19. The lowest BCUT2D eigenvalue weighted by molar-refractivity contribution is 0.00605. The molecule has 3 fully saturated rings. The number of hydrogen-bond donors (Lipinski definition) is 1. The summed E-state index contributed by atoms with van der Waals surface area (Å²) in [5.41, 5.74) is 6.66. The maximum absolute atomic E-state index is 6.28. The predicted molar refractivity (Wildman–Crippen MR) is 81.1 cm³/mol. The van der Waals surface area contributed by atoms with Gasteiger partial charge in [-0.1, -0.05) is 26.2 Å². The molecule has 3 aliphatic rings. The molecule has 0 radical (unpaired) electrons. The average Bonchev–Trinajstić information content (AvgIpc) is 3.32. The van der Waals surface area contributed by atoms with E-state index in [0.29, 0.717) is 5.54 Å². The topological polar surface area (TPSA) is 29.3 Å². The van der Waals surface area contributed by atoms with E-state index in [4.69, 9.17) is 5.73 Å². The van der Waals surface area contributed by atoms with E-state index in [-0.39, 0.29) is 0 Å². The van der Waals surface area contributed by atoms with Gasteiger partial charge in [0, 0.05) is 12.1 Å². The largest absolute Gasteiger partial charge is 0.329 e. The van der Waals surface area contributed by atoms with Gasteiger partial charge in [-0.25, -0.2) is 0 Å². The van der Waals surface area contributed by atoms with Crippen LogP contribution in [0.4, 0.5) is 0 Å². The molecule has 19 heavy (non-hydrogen) atoms. The second kappa shape index (κ2) is 5.73. The normalized spacial score (nSPS) is 38.5. The standard InChI is InChI=1S/C17H32N2/c1-2-14-7-10-19(11-8-14)17(13-18)9-3-4-16(12-17)15-5-6-15/h14-16H,2-13,18H2,1H3. The molecular weight excluding hydrogens is 232 g/mol. The Bertz CT molecular complexity index is 292. The quantitative estimate of drug-likeness (QED) is 0.843. The summed E-state index contributed by atoms with van der Waals surface area (Å²) in [4.78, 5) is 2.80. The van der Waals surface area contributed by atoms with E-state index >= 15 is 0 Å². The van der Waals surface area contributed by atoms with Gasteiger partial charge >= 0.3 is 0 Å². The molecule has 2 aliphatic carbocycles. The van der Waals surface area contributed by atoms with Crippen molar-refractivity contribution < 1.29 is 0 Å². The maximum atomic E-state index is 6.28. The second-order valence-corrected chi connectivity index (χ2v) is 7.46. The van der Waals surface area contributed by atoms with Crippen molar-refractivity contribution in [2.75, 3.05) is 19.6 Å². The van der Waals surface area contributed by atoms with Gasteiger partial charge < -0.3 is 5.73 Å². The van der Waals surface area contributed by atoms with E-state index < -0.39 is 0 Å². The van der Waals surface area contributed by atoms with Crippen LogP contribution in [0.3, 0.4) is 0 Å². The Balaban J connectivity index is 1.64. The van der Waals surface area contributed by atoms with Gasteiger partial charge in [-0.05, 0) is 69.4 Å². The van der Waals surface area contributed by atoms with Crippen molar-refractivity contribution in [2.45, 2.75) is 70.3 Å². The van der Waals surface area contributed by atoms with Gasteiger partial charge in [0.1, 0.15) is 0 Å². The molecular formula is C17H32N2. The minimum Gasteiger partial charge on any atom is -0.329 e. The molecule has 3 rings (SSSR count). The van der Waals surface area contributed by atoms with Crippen LogP contribution in [-0.2, 0) is 0 Å². The molecule has 2 nitrogen and oxygen atoms in total. The first-order valence-corrected chi connectivity index (χ1v) is 8.72. The van der Waals surface area contributed by atoms with Gasteiger partial charge in [0.25, 0.3) is 0 Å². The Morgan fingerprint density at radius 3 is 2.37 bits per heavy atom. The number of rotatable bonds is 4. The molecule has 0 aromatic rings.